The Morgan fingerprint density at radius 2 is 2.06 bits per heavy atom. The average molecular weight is 244 g/mol. The molecule has 5 heteroatoms. The van der Waals surface area contributed by atoms with Crippen molar-refractivity contribution in [1.82, 2.24) is 9.97 Å². The summed E-state index contributed by atoms with van der Waals surface area (Å²) in [6.07, 6.45) is 4.02. The Hall–Kier alpha value is -2.30. The van der Waals surface area contributed by atoms with Crippen LogP contribution < -0.4 is 15.8 Å². The van der Waals surface area contributed by atoms with Crippen LogP contribution in [0.15, 0.2) is 36.8 Å². The van der Waals surface area contributed by atoms with Crippen LogP contribution in [0.5, 0.6) is 5.75 Å². The van der Waals surface area contributed by atoms with Crippen molar-refractivity contribution in [2.75, 3.05) is 17.7 Å². The van der Waals surface area contributed by atoms with Crippen molar-refractivity contribution in [3.8, 4) is 5.75 Å². The maximum absolute atomic E-state index is 5.75. The summed E-state index contributed by atoms with van der Waals surface area (Å²) in [4.78, 5) is 7.91. The fourth-order valence-electron chi connectivity index (χ4n) is 1.44. The molecule has 1 aromatic heterocycles. The molecule has 0 bridgehead atoms. The highest BCUT2D eigenvalue weighted by Crippen LogP contribution is 2.21. The van der Waals surface area contributed by atoms with E-state index in [-0.39, 0.29) is 0 Å². The Morgan fingerprint density at radius 3 is 2.72 bits per heavy atom. The number of ether oxygens (including phenoxy) is 1. The SMILES string of the molecule is CCCOc1ccc(Nc2ncncc2N)cc1. The van der Waals surface area contributed by atoms with Crippen molar-refractivity contribution in [2.24, 2.45) is 0 Å². The lowest BCUT2D eigenvalue weighted by molar-refractivity contribution is 0.317. The highest BCUT2D eigenvalue weighted by molar-refractivity contribution is 5.67. The van der Waals surface area contributed by atoms with E-state index in [1.807, 2.05) is 24.3 Å². The minimum absolute atomic E-state index is 0.517. The van der Waals surface area contributed by atoms with Gasteiger partial charge < -0.3 is 15.8 Å². The number of nitrogens with zero attached hydrogens (tertiary/aromatic N) is 2. The van der Waals surface area contributed by atoms with Crippen LogP contribution in [0.1, 0.15) is 13.3 Å². The molecule has 0 radical (unpaired) electrons. The second kappa shape index (κ2) is 5.86. The molecule has 5 nitrogen and oxygen atoms in total. The van der Waals surface area contributed by atoms with Gasteiger partial charge in [0.2, 0.25) is 0 Å². The zero-order chi connectivity index (χ0) is 12.8. The van der Waals surface area contributed by atoms with E-state index in [0.29, 0.717) is 11.5 Å². The summed E-state index contributed by atoms with van der Waals surface area (Å²) in [5, 5.41) is 3.12. The Morgan fingerprint density at radius 1 is 1.28 bits per heavy atom. The summed E-state index contributed by atoms with van der Waals surface area (Å²) < 4.78 is 5.51. The lowest BCUT2D eigenvalue weighted by atomic mass is 10.3. The van der Waals surface area contributed by atoms with E-state index in [0.717, 1.165) is 24.5 Å². The van der Waals surface area contributed by atoms with Gasteiger partial charge in [-0.05, 0) is 30.7 Å². The zero-order valence-corrected chi connectivity index (χ0v) is 10.3. The predicted octanol–water partition coefficient (Wildman–Crippen LogP) is 2.59. The van der Waals surface area contributed by atoms with Gasteiger partial charge in [-0.3, -0.25) is 0 Å². The van der Waals surface area contributed by atoms with Gasteiger partial charge in [0.05, 0.1) is 18.5 Å². The molecule has 1 heterocycles. The van der Waals surface area contributed by atoms with E-state index in [1.54, 1.807) is 6.20 Å². The predicted molar refractivity (Wildman–Crippen MR) is 72.0 cm³/mol. The van der Waals surface area contributed by atoms with Crippen molar-refractivity contribution in [2.45, 2.75) is 13.3 Å². The third-order valence-electron chi connectivity index (χ3n) is 2.33. The van der Waals surface area contributed by atoms with Crippen LogP contribution in [0, 0.1) is 0 Å². The van der Waals surface area contributed by atoms with Gasteiger partial charge in [-0.2, -0.15) is 0 Å². The van der Waals surface area contributed by atoms with Crippen LogP contribution in [-0.4, -0.2) is 16.6 Å². The van der Waals surface area contributed by atoms with E-state index in [9.17, 15) is 0 Å². The number of nitrogen functional groups attached to an aromatic ring is 1. The summed E-state index contributed by atoms with van der Waals surface area (Å²) in [6.45, 7) is 2.81. The molecule has 0 atom stereocenters. The first-order valence-electron chi connectivity index (χ1n) is 5.85. The molecular formula is C13H16N4O. The number of benzene rings is 1. The number of anilines is 3. The Kier molecular flexibility index (Phi) is 3.96. The van der Waals surface area contributed by atoms with Crippen LogP contribution in [0.4, 0.5) is 17.2 Å². The third-order valence-corrected chi connectivity index (χ3v) is 2.33. The molecule has 0 saturated carbocycles. The molecule has 2 aromatic rings. The van der Waals surface area contributed by atoms with Crippen molar-refractivity contribution in [3.05, 3.63) is 36.8 Å². The number of aromatic nitrogens is 2. The summed E-state index contributed by atoms with van der Waals surface area (Å²) in [5.74, 6) is 1.46. The molecule has 3 N–H and O–H groups in total. The molecule has 0 fully saturated rings. The van der Waals surface area contributed by atoms with Gasteiger partial charge in [-0.1, -0.05) is 6.92 Å². The van der Waals surface area contributed by atoms with E-state index < -0.39 is 0 Å². The third kappa shape index (κ3) is 3.10. The Balaban J connectivity index is 2.04. The van der Waals surface area contributed by atoms with E-state index >= 15 is 0 Å². The second-order valence-electron chi connectivity index (χ2n) is 3.82. The molecule has 2 rings (SSSR count). The fourth-order valence-corrected chi connectivity index (χ4v) is 1.44. The highest BCUT2D eigenvalue weighted by Gasteiger charge is 2.01. The molecule has 94 valence electrons. The maximum Gasteiger partial charge on any atom is 0.157 e. The number of hydrogen-bond donors (Lipinski definition) is 2. The van der Waals surface area contributed by atoms with Gasteiger partial charge in [0.1, 0.15) is 12.1 Å². The van der Waals surface area contributed by atoms with Gasteiger partial charge in [-0.15, -0.1) is 0 Å². The standard InChI is InChI=1S/C13H16N4O/c1-2-7-18-11-5-3-10(4-6-11)17-13-12(14)8-15-9-16-13/h3-6,8-9H,2,7,14H2,1H3,(H,15,16,17). The normalized spacial score (nSPS) is 10.1. The molecule has 0 spiro atoms. The minimum atomic E-state index is 0.517. The van der Waals surface area contributed by atoms with Crippen molar-refractivity contribution >= 4 is 17.2 Å². The molecule has 0 saturated heterocycles. The first-order chi connectivity index (χ1) is 8.79. The van der Waals surface area contributed by atoms with Crippen LogP contribution in [-0.2, 0) is 0 Å². The number of nitrogens with one attached hydrogen (secondary N) is 1. The first-order valence-corrected chi connectivity index (χ1v) is 5.85. The Labute approximate surface area is 106 Å². The van der Waals surface area contributed by atoms with Gasteiger partial charge >= 0.3 is 0 Å². The van der Waals surface area contributed by atoms with Gasteiger partial charge in [0, 0.05) is 5.69 Å². The number of hydrogen-bond acceptors (Lipinski definition) is 5. The molecule has 1 aromatic carbocycles. The van der Waals surface area contributed by atoms with Crippen molar-refractivity contribution in [1.29, 1.82) is 0 Å². The van der Waals surface area contributed by atoms with Crippen LogP contribution in [0.25, 0.3) is 0 Å². The zero-order valence-electron chi connectivity index (χ0n) is 10.3. The largest absolute Gasteiger partial charge is 0.494 e. The van der Waals surface area contributed by atoms with Gasteiger partial charge in [0.15, 0.2) is 5.82 Å². The molecule has 0 aliphatic rings. The maximum atomic E-state index is 5.75. The lowest BCUT2D eigenvalue weighted by Gasteiger charge is -2.09. The van der Waals surface area contributed by atoms with Crippen molar-refractivity contribution in [3.63, 3.8) is 0 Å². The van der Waals surface area contributed by atoms with E-state index in [4.69, 9.17) is 10.5 Å². The van der Waals surface area contributed by atoms with E-state index in [1.165, 1.54) is 6.33 Å². The molecule has 18 heavy (non-hydrogen) atoms. The molecule has 0 unspecified atom stereocenters. The second-order valence-corrected chi connectivity index (χ2v) is 3.82. The number of rotatable bonds is 5. The summed E-state index contributed by atoms with van der Waals surface area (Å²) in [5.41, 5.74) is 7.18. The monoisotopic (exact) mass is 244 g/mol. The summed E-state index contributed by atoms with van der Waals surface area (Å²) in [6, 6.07) is 7.67. The van der Waals surface area contributed by atoms with Crippen molar-refractivity contribution < 1.29 is 4.74 Å². The lowest BCUT2D eigenvalue weighted by Crippen LogP contribution is -2.00. The van der Waals surface area contributed by atoms with Gasteiger partial charge in [-0.25, -0.2) is 9.97 Å². The summed E-state index contributed by atoms with van der Waals surface area (Å²) >= 11 is 0. The molecule has 0 aliphatic heterocycles. The Bertz CT molecular complexity index is 499. The minimum Gasteiger partial charge on any atom is -0.494 e. The average Bonchev–Trinajstić information content (AvgIpc) is 2.41. The molecule has 0 amide bonds. The van der Waals surface area contributed by atoms with Crippen LogP contribution in [0.3, 0.4) is 0 Å². The topological polar surface area (TPSA) is 73.1 Å². The first kappa shape index (κ1) is 12.2. The van der Waals surface area contributed by atoms with Gasteiger partial charge in [0.25, 0.3) is 0 Å². The molecular weight excluding hydrogens is 228 g/mol. The fraction of sp³-hybridized carbons (Fsp3) is 0.231. The van der Waals surface area contributed by atoms with Crippen LogP contribution >= 0.6 is 0 Å². The highest BCUT2D eigenvalue weighted by atomic mass is 16.5. The smallest absolute Gasteiger partial charge is 0.157 e. The quantitative estimate of drug-likeness (QED) is 0.845. The molecule has 0 aliphatic carbocycles. The summed E-state index contributed by atoms with van der Waals surface area (Å²) in [7, 11) is 0. The van der Waals surface area contributed by atoms with E-state index in [2.05, 4.69) is 22.2 Å². The number of nitrogens with two attached hydrogens (primary N) is 1. The van der Waals surface area contributed by atoms with Crippen LogP contribution in [0.2, 0.25) is 0 Å².